The van der Waals surface area contributed by atoms with Crippen molar-refractivity contribution in [3.63, 3.8) is 0 Å². The highest BCUT2D eigenvalue weighted by Crippen LogP contribution is 2.32. The van der Waals surface area contributed by atoms with Crippen LogP contribution in [-0.4, -0.2) is 38.3 Å². The van der Waals surface area contributed by atoms with E-state index in [0.717, 1.165) is 42.5 Å². The Balaban J connectivity index is 1.30. The number of amides is 2. The number of rotatable bonds is 10. The Bertz CT molecular complexity index is 1910. The first-order valence-electron chi connectivity index (χ1n) is 15.7. The van der Waals surface area contributed by atoms with Gasteiger partial charge in [0.1, 0.15) is 6.04 Å². The molecule has 5 aromatic rings. The minimum atomic E-state index is -0.940. The second kappa shape index (κ2) is 13.7. The number of benzene rings is 4. The molecule has 9 nitrogen and oxygen atoms in total. The van der Waals surface area contributed by atoms with Gasteiger partial charge < -0.3 is 15.7 Å². The molecule has 46 heavy (non-hydrogen) atoms. The van der Waals surface area contributed by atoms with E-state index in [0.29, 0.717) is 16.6 Å². The number of aromatic nitrogens is 2. The van der Waals surface area contributed by atoms with E-state index < -0.39 is 23.8 Å². The fourth-order valence-corrected chi connectivity index (χ4v) is 6.28. The normalized spacial score (nSPS) is 14.1. The van der Waals surface area contributed by atoms with Crippen LogP contribution in [0.2, 0.25) is 0 Å². The van der Waals surface area contributed by atoms with Crippen LogP contribution >= 0.6 is 0 Å². The van der Waals surface area contributed by atoms with E-state index in [-0.39, 0.29) is 30.0 Å². The summed E-state index contributed by atoms with van der Waals surface area (Å²) in [4.78, 5) is 52.2. The van der Waals surface area contributed by atoms with E-state index in [4.69, 9.17) is 5.11 Å². The second-order valence-corrected chi connectivity index (χ2v) is 11.8. The van der Waals surface area contributed by atoms with Crippen LogP contribution in [0.5, 0.6) is 0 Å². The number of carbonyl (C=O) groups is 3. The average molecular weight is 617 g/mol. The van der Waals surface area contributed by atoms with Crippen LogP contribution < -0.4 is 16.2 Å². The monoisotopic (exact) mass is 616 g/mol. The van der Waals surface area contributed by atoms with Crippen molar-refractivity contribution in [2.24, 2.45) is 0 Å². The van der Waals surface area contributed by atoms with E-state index in [9.17, 15) is 19.2 Å². The van der Waals surface area contributed by atoms with Crippen LogP contribution in [0, 0.1) is 0 Å². The zero-order chi connectivity index (χ0) is 32.0. The van der Waals surface area contributed by atoms with Gasteiger partial charge in [0, 0.05) is 17.7 Å². The number of hydrogen-bond donors (Lipinski definition) is 3. The third kappa shape index (κ3) is 6.78. The summed E-state index contributed by atoms with van der Waals surface area (Å²) >= 11 is 0. The van der Waals surface area contributed by atoms with Crippen LogP contribution in [0.25, 0.3) is 16.6 Å². The van der Waals surface area contributed by atoms with E-state index in [1.807, 2.05) is 66.7 Å². The molecule has 3 N–H and O–H groups in total. The van der Waals surface area contributed by atoms with Gasteiger partial charge in [-0.1, -0.05) is 79.9 Å². The Hall–Kier alpha value is -5.44. The van der Waals surface area contributed by atoms with Gasteiger partial charge in [0.25, 0.3) is 11.5 Å². The Kier molecular flexibility index (Phi) is 9.10. The molecule has 0 saturated heterocycles. The predicted octanol–water partition coefficient (Wildman–Crippen LogP) is 5.90. The molecule has 6 rings (SSSR count). The van der Waals surface area contributed by atoms with Crippen molar-refractivity contribution in [3.8, 4) is 5.69 Å². The molecule has 0 radical (unpaired) electrons. The highest BCUT2D eigenvalue weighted by atomic mass is 16.4. The van der Waals surface area contributed by atoms with Gasteiger partial charge in [-0.05, 0) is 66.4 Å². The largest absolute Gasteiger partial charge is 0.481 e. The third-order valence-electron chi connectivity index (χ3n) is 8.55. The average Bonchev–Trinajstić information content (AvgIpc) is 3.37. The zero-order valence-electron chi connectivity index (χ0n) is 25.4. The molecule has 0 spiro atoms. The predicted molar refractivity (Wildman–Crippen MR) is 177 cm³/mol. The van der Waals surface area contributed by atoms with Crippen molar-refractivity contribution in [2.75, 3.05) is 5.32 Å². The standard InChI is InChI=1S/C37H36N4O5/c42-34(43)23-26-16-19-28(20-17-26)38-36(45)32(22-25-10-4-1-5-11-25)39-35(44)27-18-21-33-31(24-27)37(46)41(30-14-8-3-9-15-30)40(33)29-12-6-2-7-13-29/h1,3-5,8-11,14-21,24,29,32H,2,6-7,12-13,22-23H2,(H,38,45)(H,39,44)(H,42,43)/t32-/m0/s1. The number of aliphatic carboxylic acids is 1. The van der Waals surface area contributed by atoms with Crippen molar-refractivity contribution in [3.05, 3.63) is 130 Å². The van der Waals surface area contributed by atoms with Crippen molar-refractivity contribution >= 4 is 34.4 Å². The van der Waals surface area contributed by atoms with Gasteiger partial charge in [-0.25, -0.2) is 4.68 Å². The number of carboxylic acids is 1. The van der Waals surface area contributed by atoms with Crippen LogP contribution in [0.1, 0.15) is 59.6 Å². The Labute approximate surface area is 266 Å². The molecule has 2 amide bonds. The maximum atomic E-state index is 13.9. The summed E-state index contributed by atoms with van der Waals surface area (Å²) in [7, 11) is 0. The van der Waals surface area contributed by atoms with Crippen LogP contribution in [0.15, 0.2) is 108 Å². The minimum Gasteiger partial charge on any atom is -0.481 e. The fraction of sp³-hybridized carbons (Fsp3) is 0.243. The van der Waals surface area contributed by atoms with Gasteiger partial charge in [0.05, 0.1) is 29.1 Å². The molecular weight excluding hydrogens is 580 g/mol. The molecule has 0 unspecified atom stereocenters. The number of carboxylic acid groups (broad SMARTS) is 1. The topological polar surface area (TPSA) is 122 Å². The van der Waals surface area contributed by atoms with Gasteiger partial charge in [0.15, 0.2) is 0 Å². The smallest absolute Gasteiger partial charge is 0.307 e. The molecule has 1 saturated carbocycles. The van der Waals surface area contributed by atoms with Gasteiger partial charge in [-0.15, -0.1) is 0 Å². The lowest BCUT2D eigenvalue weighted by Crippen LogP contribution is -2.45. The minimum absolute atomic E-state index is 0.119. The molecule has 234 valence electrons. The summed E-state index contributed by atoms with van der Waals surface area (Å²) in [6.07, 6.45) is 5.48. The van der Waals surface area contributed by atoms with Crippen molar-refractivity contribution < 1.29 is 19.5 Å². The second-order valence-electron chi connectivity index (χ2n) is 11.8. The first-order chi connectivity index (χ1) is 22.4. The van der Waals surface area contributed by atoms with Gasteiger partial charge in [0.2, 0.25) is 5.91 Å². The number of hydrogen-bond acceptors (Lipinski definition) is 4. The molecule has 4 aromatic carbocycles. The maximum Gasteiger partial charge on any atom is 0.307 e. The lowest BCUT2D eigenvalue weighted by Gasteiger charge is -2.26. The molecule has 0 bridgehead atoms. The summed E-state index contributed by atoms with van der Waals surface area (Å²) in [5.41, 5.74) is 3.61. The lowest BCUT2D eigenvalue weighted by molar-refractivity contribution is -0.136. The van der Waals surface area contributed by atoms with Crippen molar-refractivity contribution in [1.82, 2.24) is 14.7 Å². The molecule has 1 aliphatic rings. The summed E-state index contributed by atoms with van der Waals surface area (Å²) in [5.74, 6) is -1.82. The third-order valence-corrected chi connectivity index (χ3v) is 8.55. The summed E-state index contributed by atoms with van der Waals surface area (Å²) in [5, 5.41) is 15.2. The molecule has 9 heteroatoms. The molecular formula is C37H36N4O5. The first-order valence-corrected chi connectivity index (χ1v) is 15.7. The van der Waals surface area contributed by atoms with Crippen LogP contribution in [-0.2, 0) is 22.4 Å². The van der Waals surface area contributed by atoms with Gasteiger partial charge in [-0.2, -0.15) is 0 Å². The van der Waals surface area contributed by atoms with Gasteiger partial charge in [-0.3, -0.25) is 23.9 Å². The quantitative estimate of drug-likeness (QED) is 0.180. The van der Waals surface area contributed by atoms with Gasteiger partial charge >= 0.3 is 5.97 Å². The summed E-state index contributed by atoms with van der Waals surface area (Å²) in [6, 6.07) is 30.0. The Morgan fingerprint density at radius 2 is 1.48 bits per heavy atom. The van der Waals surface area contributed by atoms with E-state index >= 15 is 0 Å². The first kappa shape index (κ1) is 30.6. The van der Waals surface area contributed by atoms with Crippen molar-refractivity contribution in [2.45, 2.75) is 57.0 Å². The molecule has 1 atom stereocenters. The number of nitrogens with one attached hydrogen (secondary N) is 2. The van der Waals surface area contributed by atoms with Crippen LogP contribution in [0.3, 0.4) is 0 Å². The molecule has 1 aromatic heterocycles. The fourth-order valence-electron chi connectivity index (χ4n) is 6.28. The van der Waals surface area contributed by atoms with E-state index in [1.165, 1.54) is 6.42 Å². The molecule has 1 heterocycles. The number of para-hydroxylation sites is 1. The SMILES string of the molecule is O=C(O)Cc1ccc(NC(=O)[C@H](Cc2ccccc2)NC(=O)c2ccc3c(c2)c(=O)n(-c2ccccc2)n3C2CCCCC2)cc1. The van der Waals surface area contributed by atoms with Crippen LogP contribution in [0.4, 0.5) is 5.69 Å². The molecule has 0 aliphatic heterocycles. The number of carbonyl (C=O) groups excluding carboxylic acids is 2. The summed E-state index contributed by atoms with van der Waals surface area (Å²) < 4.78 is 3.83. The lowest BCUT2D eigenvalue weighted by atomic mass is 9.95. The van der Waals surface area contributed by atoms with E-state index in [1.54, 1.807) is 41.1 Å². The summed E-state index contributed by atoms with van der Waals surface area (Å²) in [6.45, 7) is 0. The number of nitrogens with zero attached hydrogens (tertiary/aromatic N) is 2. The molecule has 1 aliphatic carbocycles. The highest BCUT2D eigenvalue weighted by Gasteiger charge is 2.26. The van der Waals surface area contributed by atoms with E-state index in [2.05, 4.69) is 15.3 Å². The zero-order valence-corrected chi connectivity index (χ0v) is 25.4. The highest BCUT2D eigenvalue weighted by molar-refractivity contribution is 6.03. The Morgan fingerprint density at radius 3 is 2.15 bits per heavy atom. The van der Waals surface area contributed by atoms with Crippen molar-refractivity contribution in [1.29, 1.82) is 0 Å². The Morgan fingerprint density at radius 1 is 0.804 bits per heavy atom. The molecule has 1 fully saturated rings. The maximum absolute atomic E-state index is 13.9. The number of fused-ring (bicyclic) bond motifs is 1. The number of anilines is 1.